The van der Waals surface area contributed by atoms with Crippen LogP contribution in [0, 0.1) is 0 Å². The molecule has 0 aliphatic carbocycles. The van der Waals surface area contributed by atoms with Gasteiger partial charge in [-0.15, -0.1) is 0 Å². The minimum atomic E-state index is -4.76. The molecular formula is C15H17N4O8P. The Balaban J connectivity index is 1.73. The first-order valence-electron chi connectivity index (χ1n) is 8.11. The van der Waals surface area contributed by atoms with Gasteiger partial charge in [0.05, 0.1) is 24.5 Å². The van der Waals surface area contributed by atoms with Crippen LogP contribution in [0.2, 0.25) is 0 Å². The number of fused-ring (bicyclic) bond motifs is 1. The van der Waals surface area contributed by atoms with Crippen molar-refractivity contribution in [3.05, 3.63) is 31.1 Å². The lowest BCUT2D eigenvalue weighted by atomic mass is 10.1. The van der Waals surface area contributed by atoms with E-state index in [1.807, 2.05) is 0 Å². The Bertz CT molecular complexity index is 1030. The van der Waals surface area contributed by atoms with Gasteiger partial charge in [0.1, 0.15) is 36.1 Å². The quantitative estimate of drug-likeness (QED) is 0.355. The summed E-state index contributed by atoms with van der Waals surface area (Å²) in [5.41, 5.74) is 7.67. The van der Waals surface area contributed by atoms with Gasteiger partial charge in [0.15, 0.2) is 6.23 Å². The molecule has 1 saturated heterocycles. The molecular weight excluding hydrogens is 395 g/mol. The van der Waals surface area contributed by atoms with E-state index in [2.05, 4.69) is 14.5 Å². The zero-order chi connectivity index (χ0) is 20.1. The normalized spacial score (nSPS) is 25.6. The van der Waals surface area contributed by atoms with Gasteiger partial charge >= 0.3 is 7.82 Å². The van der Waals surface area contributed by atoms with Crippen molar-refractivity contribution in [2.24, 2.45) is 0 Å². The molecule has 4 atom stereocenters. The van der Waals surface area contributed by atoms with Crippen molar-refractivity contribution < 1.29 is 38.2 Å². The number of nitrogens with zero attached hydrogens (tertiary/aromatic N) is 3. The fourth-order valence-corrected chi connectivity index (χ4v) is 3.55. The number of nitrogen functional groups attached to an aromatic ring is 1. The van der Waals surface area contributed by atoms with E-state index in [4.69, 9.17) is 24.7 Å². The van der Waals surface area contributed by atoms with E-state index >= 15 is 0 Å². The van der Waals surface area contributed by atoms with Crippen LogP contribution in [0.15, 0.2) is 35.5 Å². The van der Waals surface area contributed by atoms with Gasteiger partial charge in [-0.1, -0.05) is 0 Å². The fourth-order valence-electron chi connectivity index (χ4n) is 3.21. The van der Waals surface area contributed by atoms with Crippen LogP contribution in [0.25, 0.3) is 22.2 Å². The van der Waals surface area contributed by atoms with Crippen molar-refractivity contribution in [1.29, 1.82) is 0 Å². The maximum Gasteiger partial charge on any atom is 0.469 e. The number of hydrogen-bond acceptors (Lipinski definition) is 9. The molecule has 3 aromatic rings. The highest BCUT2D eigenvalue weighted by Gasteiger charge is 2.45. The summed E-state index contributed by atoms with van der Waals surface area (Å²) >= 11 is 0. The van der Waals surface area contributed by atoms with Crippen LogP contribution in [-0.4, -0.2) is 59.5 Å². The Hall–Kier alpha value is -2.31. The first-order chi connectivity index (χ1) is 13.3. The van der Waals surface area contributed by atoms with E-state index in [0.29, 0.717) is 22.2 Å². The lowest BCUT2D eigenvalue weighted by molar-refractivity contribution is -0.0501. The number of phosphoric ester groups is 1. The molecule has 0 amide bonds. The second kappa shape index (κ2) is 6.94. The molecule has 0 saturated carbocycles. The number of anilines is 1. The van der Waals surface area contributed by atoms with Crippen LogP contribution >= 0.6 is 7.82 Å². The molecule has 1 aliphatic rings. The van der Waals surface area contributed by atoms with Crippen LogP contribution in [0.5, 0.6) is 0 Å². The Labute approximate surface area is 157 Å². The van der Waals surface area contributed by atoms with Gasteiger partial charge in [0, 0.05) is 17.3 Å². The van der Waals surface area contributed by atoms with Crippen LogP contribution in [0.3, 0.4) is 0 Å². The molecule has 0 spiro atoms. The summed E-state index contributed by atoms with van der Waals surface area (Å²) in [5, 5.41) is 21.2. The SMILES string of the molecule is Nc1ncnc2c1c(-c1ccoc1)cn2[C@@H]1O[C@H](COP(=O)(O)O)[C@@H](O)[C@H]1O. The molecule has 1 fully saturated rings. The second-order valence-corrected chi connectivity index (χ2v) is 7.49. The van der Waals surface area contributed by atoms with Gasteiger partial charge in [-0.05, 0) is 6.07 Å². The van der Waals surface area contributed by atoms with E-state index in [0.717, 1.165) is 0 Å². The number of furan rings is 1. The number of ether oxygens (including phenoxy) is 1. The highest BCUT2D eigenvalue weighted by Crippen LogP contribution is 2.40. The Kier molecular flexibility index (Phi) is 4.71. The molecule has 0 aromatic carbocycles. The smallest absolute Gasteiger partial charge is 0.469 e. The molecule has 12 nitrogen and oxygen atoms in total. The van der Waals surface area contributed by atoms with E-state index in [-0.39, 0.29) is 5.82 Å². The number of aliphatic hydroxyl groups excluding tert-OH is 2. The van der Waals surface area contributed by atoms with Crippen LogP contribution in [-0.2, 0) is 13.8 Å². The van der Waals surface area contributed by atoms with Crippen molar-refractivity contribution in [3.8, 4) is 11.1 Å². The molecule has 0 unspecified atom stereocenters. The lowest BCUT2D eigenvalue weighted by Crippen LogP contribution is -2.33. The highest BCUT2D eigenvalue weighted by atomic mass is 31.2. The van der Waals surface area contributed by atoms with Crippen LogP contribution in [0.4, 0.5) is 5.82 Å². The monoisotopic (exact) mass is 412 g/mol. The van der Waals surface area contributed by atoms with Crippen molar-refractivity contribution in [1.82, 2.24) is 14.5 Å². The summed E-state index contributed by atoms with van der Waals surface area (Å²) in [5.74, 6) is 0.203. The standard InChI is InChI=1S/C15H17N4O8P/c16-13-10-8(7-1-2-25-4-7)3-19(14(10)18-6-17-13)15-12(21)11(20)9(27-15)5-26-28(22,23)24/h1-4,6,9,11-12,15,20-21H,5H2,(H2,16,17,18)(H2,22,23,24)/t9-,11-,12-,15-/m1/s1. The number of hydrogen-bond donors (Lipinski definition) is 5. The molecule has 28 heavy (non-hydrogen) atoms. The van der Waals surface area contributed by atoms with Crippen LogP contribution in [0.1, 0.15) is 6.23 Å². The zero-order valence-corrected chi connectivity index (χ0v) is 15.1. The fraction of sp³-hybridized carbons (Fsp3) is 0.333. The third kappa shape index (κ3) is 3.31. The van der Waals surface area contributed by atoms with Crippen molar-refractivity contribution in [2.75, 3.05) is 12.3 Å². The number of nitrogens with two attached hydrogens (primary N) is 1. The molecule has 1 aliphatic heterocycles. The van der Waals surface area contributed by atoms with E-state index < -0.39 is 39.0 Å². The average Bonchev–Trinajstić information content (AvgIpc) is 3.33. The summed E-state index contributed by atoms with van der Waals surface area (Å²) < 4.78 is 27.5. The number of phosphoric acid groups is 1. The minimum absolute atomic E-state index is 0.203. The summed E-state index contributed by atoms with van der Waals surface area (Å²) in [4.78, 5) is 25.9. The van der Waals surface area contributed by atoms with Gasteiger partial charge < -0.3 is 39.5 Å². The Morgan fingerprint density at radius 2 is 2.07 bits per heavy atom. The Morgan fingerprint density at radius 3 is 2.75 bits per heavy atom. The van der Waals surface area contributed by atoms with Crippen molar-refractivity contribution >= 4 is 24.7 Å². The van der Waals surface area contributed by atoms with Crippen LogP contribution < -0.4 is 5.73 Å². The molecule has 4 heterocycles. The molecule has 3 aromatic heterocycles. The summed E-state index contributed by atoms with van der Waals surface area (Å²) in [6.07, 6.45) is 0.744. The number of aromatic nitrogens is 3. The molecule has 150 valence electrons. The van der Waals surface area contributed by atoms with Gasteiger partial charge in [-0.2, -0.15) is 0 Å². The Morgan fingerprint density at radius 1 is 1.29 bits per heavy atom. The topological polar surface area (TPSA) is 186 Å². The molecule has 0 radical (unpaired) electrons. The maximum absolute atomic E-state index is 10.9. The first kappa shape index (κ1) is 19.0. The zero-order valence-electron chi connectivity index (χ0n) is 14.2. The predicted octanol–water partition coefficient (Wildman–Crippen LogP) is 0.00200. The van der Waals surface area contributed by atoms with E-state index in [1.54, 1.807) is 12.3 Å². The third-order valence-electron chi connectivity index (χ3n) is 4.49. The first-order valence-corrected chi connectivity index (χ1v) is 9.64. The number of aliphatic hydroxyl groups is 2. The molecule has 0 bridgehead atoms. The highest BCUT2D eigenvalue weighted by molar-refractivity contribution is 7.46. The van der Waals surface area contributed by atoms with Gasteiger partial charge in [0.2, 0.25) is 0 Å². The summed E-state index contributed by atoms with van der Waals surface area (Å²) in [6, 6.07) is 1.71. The largest absolute Gasteiger partial charge is 0.472 e. The maximum atomic E-state index is 10.9. The van der Waals surface area contributed by atoms with Gasteiger partial charge in [-0.25, -0.2) is 14.5 Å². The van der Waals surface area contributed by atoms with E-state index in [1.165, 1.54) is 23.4 Å². The molecule has 6 N–H and O–H groups in total. The second-order valence-electron chi connectivity index (χ2n) is 6.25. The van der Waals surface area contributed by atoms with Gasteiger partial charge in [0.25, 0.3) is 0 Å². The van der Waals surface area contributed by atoms with E-state index in [9.17, 15) is 14.8 Å². The molecule has 13 heteroatoms. The van der Waals surface area contributed by atoms with Gasteiger partial charge in [-0.3, -0.25) is 4.52 Å². The minimum Gasteiger partial charge on any atom is -0.472 e. The third-order valence-corrected chi connectivity index (χ3v) is 4.97. The van der Waals surface area contributed by atoms with Crippen molar-refractivity contribution in [2.45, 2.75) is 24.5 Å². The lowest BCUT2D eigenvalue weighted by Gasteiger charge is -2.17. The summed E-state index contributed by atoms with van der Waals surface area (Å²) in [7, 11) is -4.76. The number of rotatable bonds is 5. The summed E-state index contributed by atoms with van der Waals surface area (Å²) in [6.45, 7) is -0.607. The van der Waals surface area contributed by atoms with Crippen molar-refractivity contribution in [3.63, 3.8) is 0 Å². The predicted molar refractivity (Wildman–Crippen MR) is 93.6 cm³/mol. The average molecular weight is 412 g/mol. The molecule has 4 rings (SSSR count).